The van der Waals surface area contributed by atoms with Crippen LogP contribution >= 0.6 is 11.3 Å². The molecule has 8 nitrogen and oxygen atoms in total. The van der Waals surface area contributed by atoms with Gasteiger partial charge in [0.2, 0.25) is 16.0 Å². The van der Waals surface area contributed by atoms with Crippen LogP contribution in [0.25, 0.3) is 0 Å². The third-order valence-electron chi connectivity index (χ3n) is 3.55. The number of hydrogen-bond acceptors (Lipinski definition) is 8. The third kappa shape index (κ3) is 2.80. The standard InChI is InChI=1S/C13H14N4O4S2/c1-21-12(18)11-10(3-5-22-11)23(19,20)17-4-2-8-6-15-13(14)16-9(8)7-17/h3,5-6H,2,4,7H2,1H3,(H2,14,15,16). The number of ether oxygens (including phenoxy) is 1. The Balaban J connectivity index is 1.96. The summed E-state index contributed by atoms with van der Waals surface area (Å²) in [7, 11) is -2.60. The summed E-state index contributed by atoms with van der Waals surface area (Å²) in [4.78, 5) is 19.8. The van der Waals surface area contributed by atoms with Crippen LogP contribution in [0.15, 0.2) is 22.5 Å². The minimum Gasteiger partial charge on any atom is -0.465 e. The Kier molecular flexibility index (Phi) is 4.04. The highest BCUT2D eigenvalue weighted by Crippen LogP contribution is 2.29. The zero-order chi connectivity index (χ0) is 16.6. The Labute approximate surface area is 137 Å². The molecule has 2 N–H and O–H groups in total. The molecule has 3 rings (SSSR count). The molecule has 3 heterocycles. The Bertz CT molecular complexity index is 863. The van der Waals surface area contributed by atoms with Crippen LogP contribution in [0.2, 0.25) is 0 Å². The second kappa shape index (κ2) is 5.87. The number of anilines is 1. The maximum absolute atomic E-state index is 12.8. The lowest BCUT2D eigenvalue weighted by Crippen LogP contribution is -2.37. The molecule has 0 spiro atoms. The molecule has 0 radical (unpaired) electrons. The first-order valence-corrected chi connectivity index (χ1v) is 9.01. The number of sulfonamides is 1. The number of nitrogens with two attached hydrogens (primary N) is 1. The van der Waals surface area contributed by atoms with Gasteiger partial charge in [-0.15, -0.1) is 11.3 Å². The number of esters is 1. The third-order valence-corrected chi connectivity index (χ3v) is 6.46. The van der Waals surface area contributed by atoms with E-state index in [0.29, 0.717) is 18.7 Å². The second-order valence-corrected chi connectivity index (χ2v) is 7.72. The number of carbonyl (C=O) groups excluding carboxylic acids is 1. The molecule has 0 amide bonds. The molecule has 1 aliphatic rings. The van der Waals surface area contributed by atoms with Crippen molar-refractivity contribution >= 4 is 33.3 Å². The minimum atomic E-state index is -3.82. The van der Waals surface area contributed by atoms with E-state index < -0.39 is 16.0 Å². The highest BCUT2D eigenvalue weighted by molar-refractivity contribution is 7.89. The summed E-state index contributed by atoms with van der Waals surface area (Å²) in [5, 5.41) is 1.55. The van der Waals surface area contributed by atoms with E-state index in [1.807, 2.05) is 0 Å². The van der Waals surface area contributed by atoms with Gasteiger partial charge < -0.3 is 10.5 Å². The van der Waals surface area contributed by atoms with Gasteiger partial charge in [0.05, 0.1) is 19.3 Å². The Morgan fingerprint density at radius 2 is 2.26 bits per heavy atom. The molecule has 2 aromatic heterocycles. The monoisotopic (exact) mass is 354 g/mol. The van der Waals surface area contributed by atoms with E-state index in [1.54, 1.807) is 11.6 Å². The van der Waals surface area contributed by atoms with Crippen LogP contribution in [-0.4, -0.2) is 42.3 Å². The van der Waals surface area contributed by atoms with Crippen molar-refractivity contribution in [1.82, 2.24) is 14.3 Å². The number of fused-ring (bicyclic) bond motifs is 1. The summed E-state index contributed by atoms with van der Waals surface area (Å²) < 4.78 is 31.6. The van der Waals surface area contributed by atoms with E-state index in [4.69, 9.17) is 5.73 Å². The lowest BCUT2D eigenvalue weighted by molar-refractivity contribution is 0.0602. The van der Waals surface area contributed by atoms with Crippen LogP contribution in [0.1, 0.15) is 20.9 Å². The molecule has 0 aromatic carbocycles. The molecule has 0 aliphatic carbocycles. The van der Waals surface area contributed by atoms with Gasteiger partial charge in [-0.1, -0.05) is 0 Å². The minimum absolute atomic E-state index is 0.0418. The average Bonchev–Trinajstić information content (AvgIpc) is 3.03. The maximum Gasteiger partial charge on any atom is 0.349 e. The number of rotatable bonds is 3. The number of thiophene rings is 1. The number of methoxy groups -OCH3 is 1. The van der Waals surface area contributed by atoms with E-state index in [0.717, 1.165) is 16.9 Å². The first kappa shape index (κ1) is 15.8. The zero-order valence-electron chi connectivity index (χ0n) is 12.2. The van der Waals surface area contributed by atoms with Crippen LogP contribution in [-0.2, 0) is 27.7 Å². The number of aromatic nitrogens is 2. The largest absolute Gasteiger partial charge is 0.465 e. The Morgan fingerprint density at radius 3 is 3.00 bits per heavy atom. The lowest BCUT2D eigenvalue weighted by Gasteiger charge is -2.27. The summed E-state index contributed by atoms with van der Waals surface area (Å²) in [5.41, 5.74) is 7.03. The van der Waals surface area contributed by atoms with Crippen LogP contribution in [0.4, 0.5) is 5.95 Å². The molecule has 0 atom stereocenters. The van der Waals surface area contributed by atoms with E-state index in [2.05, 4.69) is 14.7 Å². The molecule has 23 heavy (non-hydrogen) atoms. The van der Waals surface area contributed by atoms with Crippen molar-refractivity contribution in [2.75, 3.05) is 19.4 Å². The summed E-state index contributed by atoms with van der Waals surface area (Å²) in [5.74, 6) is -0.559. The molecule has 2 aromatic rings. The van der Waals surface area contributed by atoms with Gasteiger partial charge in [0, 0.05) is 12.7 Å². The van der Waals surface area contributed by atoms with E-state index >= 15 is 0 Å². The van der Waals surface area contributed by atoms with Crippen molar-refractivity contribution in [1.29, 1.82) is 0 Å². The molecule has 0 saturated heterocycles. The number of nitrogens with zero attached hydrogens (tertiary/aromatic N) is 3. The van der Waals surface area contributed by atoms with E-state index in [9.17, 15) is 13.2 Å². The van der Waals surface area contributed by atoms with Gasteiger partial charge in [-0.2, -0.15) is 4.31 Å². The molecule has 1 aliphatic heterocycles. The summed E-state index contributed by atoms with van der Waals surface area (Å²) in [6, 6.07) is 1.41. The first-order chi connectivity index (χ1) is 10.9. The predicted molar refractivity (Wildman–Crippen MR) is 83.4 cm³/mol. The quantitative estimate of drug-likeness (QED) is 0.805. The van der Waals surface area contributed by atoms with Crippen molar-refractivity contribution in [3.8, 4) is 0 Å². The normalized spacial score (nSPS) is 15.2. The molecule has 10 heteroatoms. The van der Waals surface area contributed by atoms with Crippen molar-refractivity contribution < 1.29 is 17.9 Å². The van der Waals surface area contributed by atoms with Crippen molar-refractivity contribution in [3.05, 3.63) is 33.8 Å². The maximum atomic E-state index is 12.8. The van der Waals surface area contributed by atoms with Gasteiger partial charge in [0.25, 0.3) is 0 Å². The van der Waals surface area contributed by atoms with E-state index in [1.165, 1.54) is 17.5 Å². The molecule has 0 fully saturated rings. The SMILES string of the molecule is COC(=O)c1sccc1S(=O)(=O)N1CCc2cnc(N)nc2C1. The van der Waals surface area contributed by atoms with Gasteiger partial charge in [0.1, 0.15) is 9.77 Å². The fourth-order valence-electron chi connectivity index (χ4n) is 2.38. The zero-order valence-corrected chi connectivity index (χ0v) is 13.9. The fraction of sp³-hybridized carbons (Fsp3) is 0.308. The second-order valence-electron chi connectivity index (χ2n) is 4.89. The van der Waals surface area contributed by atoms with Crippen LogP contribution in [0.5, 0.6) is 0 Å². The Morgan fingerprint density at radius 1 is 1.48 bits per heavy atom. The number of nitrogen functional groups attached to an aromatic ring is 1. The van der Waals surface area contributed by atoms with Crippen molar-refractivity contribution in [3.63, 3.8) is 0 Å². The highest BCUT2D eigenvalue weighted by Gasteiger charge is 2.33. The molecule has 0 saturated carbocycles. The number of carbonyl (C=O) groups is 1. The predicted octanol–water partition coefficient (Wildman–Crippen LogP) is 0.654. The van der Waals surface area contributed by atoms with Crippen LogP contribution in [0, 0.1) is 0 Å². The number of hydrogen-bond donors (Lipinski definition) is 1. The molecular weight excluding hydrogens is 340 g/mol. The van der Waals surface area contributed by atoms with Gasteiger partial charge in [-0.05, 0) is 23.4 Å². The smallest absolute Gasteiger partial charge is 0.349 e. The summed E-state index contributed by atoms with van der Waals surface area (Å²) >= 11 is 1.04. The average molecular weight is 354 g/mol. The molecule has 0 bridgehead atoms. The topological polar surface area (TPSA) is 115 Å². The lowest BCUT2D eigenvalue weighted by atomic mass is 10.1. The molecular formula is C13H14N4O4S2. The highest BCUT2D eigenvalue weighted by atomic mass is 32.2. The van der Waals surface area contributed by atoms with Crippen molar-refractivity contribution in [2.24, 2.45) is 0 Å². The van der Waals surface area contributed by atoms with Gasteiger partial charge in [0.15, 0.2) is 0 Å². The van der Waals surface area contributed by atoms with Crippen molar-refractivity contribution in [2.45, 2.75) is 17.9 Å². The summed E-state index contributed by atoms with van der Waals surface area (Å²) in [6.45, 7) is 0.389. The summed E-state index contributed by atoms with van der Waals surface area (Å²) in [6.07, 6.45) is 2.11. The molecule has 0 unspecified atom stereocenters. The Hall–Kier alpha value is -2.04. The van der Waals surface area contributed by atoms with E-state index in [-0.39, 0.29) is 22.3 Å². The fourth-order valence-corrected chi connectivity index (χ4v) is 5.09. The van der Waals surface area contributed by atoms with Crippen LogP contribution < -0.4 is 5.73 Å². The first-order valence-electron chi connectivity index (χ1n) is 6.69. The molecule has 122 valence electrons. The van der Waals surface area contributed by atoms with Gasteiger partial charge in [-0.3, -0.25) is 0 Å². The van der Waals surface area contributed by atoms with Crippen LogP contribution in [0.3, 0.4) is 0 Å². The van der Waals surface area contributed by atoms with Gasteiger partial charge >= 0.3 is 5.97 Å². The van der Waals surface area contributed by atoms with Gasteiger partial charge in [-0.25, -0.2) is 23.2 Å².